The molecule has 0 aliphatic carbocycles. The number of hydrogen-bond acceptors (Lipinski definition) is 3. The number of amides is 1. The fourth-order valence-corrected chi connectivity index (χ4v) is 2.07. The Hall–Kier alpha value is -1.62. The lowest BCUT2D eigenvalue weighted by Crippen LogP contribution is -2.41. The van der Waals surface area contributed by atoms with E-state index >= 15 is 0 Å². The number of anilines is 1. The quantitative estimate of drug-likeness (QED) is 0.874. The van der Waals surface area contributed by atoms with Crippen LogP contribution >= 0.6 is 0 Å². The van der Waals surface area contributed by atoms with Gasteiger partial charge in [-0.2, -0.15) is 0 Å². The summed E-state index contributed by atoms with van der Waals surface area (Å²) in [6, 6.07) is 4.96. The van der Waals surface area contributed by atoms with E-state index in [0.29, 0.717) is 18.9 Å². The van der Waals surface area contributed by atoms with Crippen molar-refractivity contribution in [1.82, 2.24) is 5.32 Å². The maximum atomic E-state index is 13.5. The maximum Gasteiger partial charge on any atom is 0.239 e. The summed E-state index contributed by atoms with van der Waals surface area (Å²) in [4.78, 5) is 11.7. The third-order valence-electron chi connectivity index (χ3n) is 3.15. The first-order chi connectivity index (χ1) is 9.15. The van der Waals surface area contributed by atoms with Gasteiger partial charge >= 0.3 is 0 Å². The summed E-state index contributed by atoms with van der Waals surface area (Å²) in [7, 11) is 0. The third kappa shape index (κ3) is 4.21. The van der Waals surface area contributed by atoms with Gasteiger partial charge in [-0.3, -0.25) is 4.79 Å². The first-order valence-corrected chi connectivity index (χ1v) is 6.52. The predicted octanol–water partition coefficient (Wildman–Crippen LogP) is 1.84. The number of nitrogens with one attached hydrogen (secondary N) is 2. The molecule has 1 heterocycles. The van der Waals surface area contributed by atoms with E-state index < -0.39 is 0 Å². The van der Waals surface area contributed by atoms with E-state index in [1.165, 1.54) is 6.07 Å². The highest BCUT2D eigenvalue weighted by molar-refractivity contribution is 5.81. The van der Waals surface area contributed by atoms with Crippen molar-refractivity contribution >= 4 is 11.6 Å². The second-order valence-corrected chi connectivity index (χ2v) is 4.79. The zero-order valence-corrected chi connectivity index (χ0v) is 11.0. The third-order valence-corrected chi connectivity index (χ3v) is 3.15. The number of ether oxygens (including phenoxy) is 1. The summed E-state index contributed by atoms with van der Waals surface area (Å²) >= 11 is 0. The van der Waals surface area contributed by atoms with Crippen molar-refractivity contribution in [3.05, 3.63) is 29.6 Å². The predicted molar refractivity (Wildman–Crippen MR) is 71.6 cm³/mol. The summed E-state index contributed by atoms with van der Waals surface area (Å²) in [6.07, 6.45) is 1.68. The molecule has 1 aliphatic rings. The summed E-state index contributed by atoms with van der Waals surface area (Å²) in [5.74, 6) is -0.461. The number of hydrogen-bond donors (Lipinski definition) is 2. The Morgan fingerprint density at radius 2 is 2.16 bits per heavy atom. The minimum absolute atomic E-state index is 0.0811. The summed E-state index contributed by atoms with van der Waals surface area (Å²) < 4.78 is 18.7. The van der Waals surface area contributed by atoms with E-state index in [1.54, 1.807) is 12.1 Å². The van der Waals surface area contributed by atoms with Gasteiger partial charge in [0.2, 0.25) is 5.91 Å². The lowest BCUT2D eigenvalue weighted by molar-refractivity contribution is -0.120. The van der Waals surface area contributed by atoms with Gasteiger partial charge in [-0.15, -0.1) is 0 Å². The second-order valence-electron chi connectivity index (χ2n) is 4.79. The van der Waals surface area contributed by atoms with Gasteiger partial charge < -0.3 is 15.4 Å². The number of aryl methyl sites for hydroxylation is 1. The number of carbonyl (C=O) groups excluding carboxylic acids is 1. The molecule has 0 atom stereocenters. The second kappa shape index (κ2) is 6.52. The molecule has 4 nitrogen and oxygen atoms in total. The van der Waals surface area contributed by atoms with Crippen LogP contribution in [0.5, 0.6) is 0 Å². The van der Waals surface area contributed by atoms with Crippen molar-refractivity contribution in [3.8, 4) is 0 Å². The van der Waals surface area contributed by atoms with Crippen LogP contribution in [0, 0.1) is 12.7 Å². The highest BCUT2D eigenvalue weighted by atomic mass is 19.1. The zero-order valence-electron chi connectivity index (χ0n) is 11.0. The molecule has 104 valence electrons. The van der Waals surface area contributed by atoms with Crippen LogP contribution in [-0.4, -0.2) is 31.7 Å². The van der Waals surface area contributed by atoms with Crippen LogP contribution in [0.15, 0.2) is 18.2 Å². The minimum atomic E-state index is -0.343. The van der Waals surface area contributed by atoms with E-state index in [0.717, 1.165) is 18.4 Å². The Labute approximate surface area is 112 Å². The van der Waals surface area contributed by atoms with Crippen molar-refractivity contribution in [1.29, 1.82) is 0 Å². The number of halogens is 1. The van der Waals surface area contributed by atoms with Crippen LogP contribution in [0.3, 0.4) is 0 Å². The SMILES string of the molecule is Cc1ccc(F)c(NCC(=O)NC2CCOCC2)c1. The van der Waals surface area contributed by atoms with Crippen LogP contribution in [0.25, 0.3) is 0 Å². The lowest BCUT2D eigenvalue weighted by atomic mass is 10.1. The molecule has 5 heteroatoms. The molecule has 1 aromatic rings. The molecule has 2 N–H and O–H groups in total. The van der Waals surface area contributed by atoms with Crippen molar-refractivity contribution in [3.63, 3.8) is 0 Å². The van der Waals surface area contributed by atoms with Gasteiger partial charge in [0, 0.05) is 19.3 Å². The number of carbonyl (C=O) groups is 1. The van der Waals surface area contributed by atoms with Gasteiger partial charge in [-0.25, -0.2) is 4.39 Å². The molecule has 1 aromatic carbocycles. The van der Waals surface area contributed by atoms with E-state index in [1.807, 2.05) is 6.92 Å². The van der Waals surface area contributed by atoms with Gasteiger partial charge in [0.05, 0.1) is 12.2 Å². The molecule has 0 bridgehead atoms. The molecule has 1 saturated heterocycles. The first kappa shape index (κ1) is 13.8. The lowest BCUT2D eigenvalue weighted by Gasteiger charge is -2.23. The van der Waals surface area contributed by atoms with Gasteiger partial charge in [-0.05, 0) is 37.5 Å². The normalized spacial score (nSPS) is 16.1. The minimum Gasteiger partial charge on any atom is -0.381 e. The number of benzene rings is 1. The largest absolute Gasteiger partial charge is 0.381 e. The fraction of sp³-hybridized carbons (Fsp3) is 0.500. The van der Waals surface area contributed by atoms with Crippen molar-refractivity contribution in [2.24, 2.45) is 0 Å². The summed E-state index contributed by atoms with van der Waals surface area (Å²) in [5, 5.41) is 5.74. The smallest absolute Gasteiger partial charge is 0.239 e. The Morgan fingerprint density at radius 3 is 2.89 bits per heavy atom. The number of rotatable bonds is 4. The molecule has 0 spiro atoms. The molecule has 1 aliphatic heterocycles. The van der Waals surface area contributed by atoms with Crippen LogP contribution in [0.2, 0.25) is 0 Å². The molecule has 0 aromatic heterocycles. The van der Waals surface area contributed by atoms with Gasteiger partial charge in [0.15, 0.2) is 0 Å². The fourth-order valence-electron chi connectivity index (χ4n) is 2.07. The maximum absolute atomic E-state index is 13.5. The molecular formula is C14H19FN2O2. The molecular weight excluding hydrogens is 247 g/mol. The molecule has 1 fully saturated rings. The first-order valence-electron chi connectivity index (χ1n) is 6.52. The molecule has 19 heavy (non-hydrogen) atoms. The highest BCUT2D eigenvalue weighted by Gasteiger charge is 2.15. The zero-order chi connectivity index (χ0) is 13.7. The van der Waals surface area contributed by atoms with Crippen molar-refractivity contribution in [2.75, 3.05) is 25.1 Å². The molecule has 1 amide bonds. The Bertz CT molecular complexity index is 445. The van der Waals surface area contributed by atoms with Gasteiger partial charge in [-0.1, -0.05) is 6.07 Å². The van der Waals surface area contributed by atoms with E-state index in [2.05, 4.69) is 10.6 Å². The van der Waals surface area contributed by atoms with Crippen LogP contribution in [0.1, 0.15) is 18.4 Å². The Balaban J connectivity index is 1.81. The molecule has 2 rings (SSSR count). The van der Waals surface area contributed by atoms with Crippen molar-refractivity contribution < 1.29 is 13.9 Å². The molecule has 0 saturated carbocycles. The van der Waals surface area contributed by atoms with E-state index in [4.69, 9.17) is 4.74 Å². The van der Waals surface area contributed by atoms with Crippen molar-refractivity contribution in [2.45, 2.75) is 25.8 Å². The molecule has 0 unspecified atom stereocenters. The van der Waals surface area contributed by atoms with E-state index in [-0.39, 0.29) is 24.3 Å². The molecule has 0 radical (unpaired) electrons. The van der Waals surface area contributed by atoms with E-state index in [9.17, 15) is 9.18 Å². The Morgan fingerprint density at radius 1 is 1.42 bits per heavy atom. The van der Waals surface area contributed by atoms with Crippen LogP contribution in [-0.2, 0) is 9.53 Å². The van der Waals surface area contributed by atoms with Gasteiger partial charge in [0.25, 0.3) is 0 Å². The van der Waals surface area contributed by atoms with Gasteiger partial charge in [0.1, 0.15) is 5.82 Å². The highest BCUT2D eigenvalue weighted by Crippen LogP contribution is 2.15. The monoisotopic (exact) mass is 266 g/mol. The van der Waals surface area contributed by atoms with Crippen LogP contribution < -0.4 is 10.6 Å². The average molecular weight is 266 g/mol. The van der Waals surface area contributed by atoms with Crippen LogP contribution in [0.4, 0.5) is 10.1 Å². The standard InChI is InChI=1S/C14H19FN2O2/c1-10-2-3-12(15)13(8-10)16-9-14(18)17-11-4-6-19-7-5-11/h2-3,8,11,16H,4-7,9H2,1H3,(H,17,18). The topological polar surface area (TPSA) is 50.4 Å². The summed E-state index contributed by atoms with van der Waals surface area (Å²) in [5.41, 5.74) is 1.32. The summed E-state index contributed by atoms with van der Waals surface area (Å²) in [6.45, 7) is 3.33. The average Bonchev–Trinajstić information content (AvgIpc) is 2.41. The Kier molecular flexibility index (Phi) is 4.74.